The molecular weight excluding hydrogens is 434 g/mol. The van der Waals surface area contributed by atoms with E-state index in [-0.39, 0.29) is 6.04 Å². The average molecular weight is 462 g/mol. The Morgan fingerprint density at radius 1 is 1.00 bits per heavy atom. The fraction of sp³-hybridized carbons (Fsp3) is 0.333. The van der Waals surface area contributed by atoms with Crippen LogP contribution in [0.2, 0.25) is 5.28 Å². The Morgan fingerprint density at radius 2 is 1.75 bits per heavy atom. The van der Waals surface area contributed by atoms with Gasteiger partial charge in [0.1, 0.15) is 10.6 Å². The fourth-order valence-corrected chi connectivity index (χ4v) is 6.05. The van der Waals surface area contributed by atoms with Crippen molar-refractivity contribution in [1.29, 1.82) is 0 Å². The van der Waals surface area contributed by atoms with Crippen molar-refractivity contribution in [3.05, 3.63) is 75.4 Å². The Morgan fingerprint density at radius 3 is 2.50 bits per heavy atom. The van der Waals surface area contributed by atoms with Crippen molar-refractivity contribution < 1.29 is 0 Å². The molecule has 0 fully saturated rings. The maximum absolute atomic E-state index is 6.44. The van der Waals surface area contributed by atoms with Gasteiger partial charge < -0.3 is 4.90 Å². The summed E-state index contributed by atoms with van der Waals surface area (Å²) in [5.74, 6) is 0.927. The number of hydrogen-bond acceptors (Lipinski definition) is 4. The number of hydrogen-bond donors (Lipinski definition) is 0. The van der Waals surface area contributed by atoms with Crippen LogP contribution in [0.5, 0.6) is 0 Å². The first-order chi connectivity index (χ1) is 15.5. The molecule has 0 spiro atoms. The molecule has 0 bridgehead atoms. The van der Waals surface area contributed by atoms with Crippen molar-refractivity contribution in [1.82, 2.24) is 9.97 Å². The van der Waals surface area contributed by atoms with Crippen molar-refractivity contribution in [3.63, 3.8) is 0 Å². The first-order valence-corrected chi connectivity index (χ1v) is 12.6. The molecule has 32 heavy (non-hydrogen) atoms. The second-order valence-electron chi connectivity index (χ2n) is 8.93. The monoisotopic (exact) mass is 461 g/mol. The van der Waals surface area contributed by atoms with Gasteiger partial charge in [-0.3, -0.25) is 0 Å². The predicted octanol–water partition coefficient (Wildman–Crippen LogP) is 7.61. The van der Waals surface area contributed by atoms with Crippen LogP contribution in [0.1, 0.15) is 48.3 Å². The summed E-state index contributed by atoms with van der Waals surface area (Å²) in [4.78, 5) is 14.0. The van der Waals surface area contributed by atoms with E-state index in [2.05, 4.69) is 79.2 Å². The highest BCUT2D eigenvalue weighted by atomic mass is 35.5. The maximum Gasteiger partial charge on any atom is 0.225 e. The van der Waals surface area contributed by atoms with Gasteiger partial charge in [0.2, 0.25) is 5.28 Å². The minimum atomic E-state index is 0.265. The zero-order valence-corrected chi connectivity index (χ0v) is 20.4. The van der Waals surface area contributed by atoms with Gasteiger partial charge in [0.15, 0.2) is 0 Å². The Labute approximate surface area is 199 Å². The molecule has 2 heterocycles. The van der Waals surface area contributed by atoms with Gasteiger partial charge >= 0.3 is 0 Å². The van der Waals surface area contributed by atoms with E-state index >= 15 is 0 Å². The van der Waals surface area contributed by atoms with E-state index in [9.17, 15) is 0 Å². The zero-order chi connectivity index (χ0) is 22.2. The third kappa shape index (κ3) is 4.02. The third-order valence-corrected chi connectivity index (χ3v) is 7.58. The van der Waals surface area contributed by atoms with E-state index in [0.717, 1.165) is 22.6 Å². The smallest absolute Gasteiger partial charge is 0.225 e. The van der Waals surface area contributed by atoms with Crippen LogP contribution in [0.4, 0.5) is 5.82 Å². The molecule has 0 atom stereocenters. The van der Waals surface area contributed by atoms with E-state index in [1.54, 1.807) is 11.3 Å². The van der Waals surface area contributed by atoms with E-state index in [1.165, 1.54) is 58.4 Å². The van der Waals surface area contributed by atoms with Gasteiger partial charge in [-0.05, 0) is 80.3 Å². The van der Waals surface area contributed by atoms with Gasteiger partial charge in [-0.15, -0.1) is 11.3 Å². The summed E-state index contributed by atoms with van der Waals surface area (Å²) >= 11 is 8.15. The first kappa shape index (κ1) is 21.4. The van der Waals surface area contributed by atoms with Gasteiger partial charge in [0, 0.05) is 23.0 Å². The van der Waals surface area contributed by atoms with Crippen molar-refractivity contribution in [2.24, 2.45) is 0 Å². The van der Waals surface area contributed by atoms with Crippen LogP contribution in [-0.4, -0.2) is 16.0 Å². The molecule has 0 aliphatic heterocycles. The van der Waals surface area contributed by atoms with Crippen LogP contribution in [0.25, 0.3) is 21.3 Å². The summed E-state index contributed by atoms with van der Waals surface area (Å²) in [5, 5.41) is 1.43. The van der Waals surface area contributed by atoms with Crippen LogP contribution in [0, 0.1) is 6.92 Å². The summed E-state index contributed by atoms with van der Waals surface area (Å²) in [6.07, 6.45) is 4.95. The molecule has 2 aromatic carbocycles. The molecule has 0 saturated carbocycles. The number of aryl methyl sites for hydroxylation is 3. The largest absolute Gasteiger partial charge is 0.349 e. The standard InChI is InChI=1S/C27H28ClN3S/c1-17(2)31(16-19-9-5-4-6-10-19)25-24-23(18(3)32-26(24)30-27(28)29-25)22-14-13-20-11-7-8-12-21(20)15-22/h4-6,9-10,13-15,17H,7-8,11-12,16H2,1-3H3. The van der Waals surface area contributed by atoms with Gasteiger partial charge in [0.05, 0.1) is 5.39 Å². The minimum absolute atomic E-state index is 0.265. The van der Waals surface area contributed by atoms with Crippen LogP contribution < -0.4 is 4.90 Å². The normalized spacial score (nSPS) is 13.5. The highest BCUT2D eigenvalue weighted by Crippen LogP contribution is 2.43. The van der Waals surface area contributed by atoms with Crippen molar-refractivity contribution in [2.45, 2.75) is 59.0 Å². The van der Waals surface area contributed by atoms with Crippen molar-refractivity contribution in [3.8, 4) is 11.1 Å². The number of benzene rings is 2. The Hall–Kier alpha value is -2.43. The number of halogens is 1. The lowest BCUT2D eigenvalue weighted by atomic mass is 9.89. The third-order valence-electron chi connectivity index (χ3n) is 6.41. The topological polar surface area (TPSA) is 29.0 Å². The van der Waals surface area contributed by atoms with E-state index in [4.69, 9.17) is 16.6 Å². The van der Waals surface area contributed by atoms with Crippen LogP contribution in [-0.2, 0) is 19.4 Å². The number of rotatable bonds is 5. The molecule has 0 N–H and O–H groups in total. The molecule has 5 rings (SSSR count). The highest BCUT2D eigenvalue weighted by Gasteiger charge is 2.24. The second kappa shape index (κ2) is 8.84. The molecule has 3 nitrogen and oxygen atoms in total. The molecular formula is C27H28ClN3S. The fourth-order valence-electron chi connectivity index (χ4n) is 4.79. The average Bonchev–Trinajstić information content (AvgIpc) is 3.12. The first-order valence-electron chi connectivity index (χ1n) is 11.4. The number of fused-ring (bicyclic) bond motifs is 2. The molecule has 2 aromatic heterocycles. The number of thiophene rings is 1. The summed E-state index contributed by atoms with van der Waals surface area (Å²) in [7, 11) is 0. The van der Waals surface area contributed by atoms with Crippen molar-refractivity contribution in [2.75, 3.05) is 4.90 Å². The number of aromatic nitrogens is 2. The lowest BCUT2D eigenvalue weighted by Crippen LogP contribution is -2.31. The molecule has 1 aliphatic carbocycles. The van der Waals surface area contributed by atoms with Gasteiger partial charge in [-0.1, -0.05) is 48.5 Å². The quantitative estimate of drug-likeness (QED) is 0.286. The van der Waals surface area contributed by atoms with Gasteiger partial charge in [-0.2, -0.15) is 4.98 Å². The van der Waals surface area contributed by atoms with E-state index in [0.29, 0.717) is 5.28 Å². The lowest BCUT2D eigenvalue weighted by Gasteiger charge is -2.29. The van der Waals surface area contributed by atoms with Gasteiger partial charge in [-0.25, -0.2) is 4.98 Å². The zero-order valence-electron chi connectivity index (χ0n) is 18.9. The summed E-state index contributed by atoms with van der Waals surface area (Å²) in [6, 6.07) is 17.8. The highest BCUT2D eigenvalue weighted by molar-refractivity contribution is 7.19. The molecule has 5 heteroatoms. The van der Waals surface area contributed by atoms with E-state index < -0.39 is 0 Å². The van der Waals surface area contributed by atoms with Crippen LogP contribution in [0.3, 0.4) is 0 Å². The summed E-state index contributed by atoms with van der Waals surface area (Å²) in [5.41, 5.74) is 6.78. The number of anilines is 1. The maximum atomic E-state index is 6.44. The minimum Gasteiger partial charge on any atom is -0.349 e. The summed E-state index contributed by atoms with van der Waals surface area (Å²) < 4.78 is 0. The van der Waals surface area contributed by atoms with Crippen molar-refractivity contribution >= 4 is 39.0 Å². The second-order valence-corrected chi connectivity index (χ2v) is 10.5. The van der Waals surface area contributed by atoms with Crippen LogP contribution in [0.15, 0.2) is 48.5 Å². The Balaban J connectivity index is 1.69. The van der Waals surface area contributed by atoms with Gasteiger partial charge in [0.25, 0.3) is 0 Å². The summed E-state index contributed by atoms with van der Waals surface area (Å²) in [6.45, 7) is 7.39. The molecule has 164 valence electrons. The van der Waals surface area contributed by atoms with E-state index in [1.807, 2.05) is 0 Å². The molecule has 0 saturated heterocycles. The Bertz CT molecular complexity index is 1260. The molecule has 0 amide bonds. The molecule has 4 aromatic rings. The number of nitrogens with zero attached hydrogens (tertiary/aromatic N) is 3. The predicted molar refractivity (Wildman–Crippen MR) is 137 cm³/mol. The SMILES string of the molecule is Cc1sc2nc(Cl)nc(N(Cc3ccccc3)C(C)C)c2c1-c1ccc2c(c1)CCCC2. The Kier molecular flexibility index (Phi) is 5.92. The van der Waals surface area contributed by atoms with Crippen LogP contribution >= 0.6 is 22.9 Å². The molecule has 1 aliphatic rings. The molecule has 0 unspecified atom stereocenters. The lowest BCUT2D eigenvalue weighted by molar-refractivity contribution is 0.675. The molecule has 0 radical (unpaired) electrons.